The van der Waals surface area contributed by atoms with Crippen LogP contribution >= 0.6 is 12.6 Å². The molecule has 32 heavy (non-hydrogen) atoms. The van der Waals surface area contributed by atoms with Crippen LogP contribution in [0.5, 0.6) is 0 Å². The summed E-state index contributed by atoms with van der Waals surface area (Å²) < 4.78 is 0. The van der Waals surface area contributed by atoms with Gasteiger partial charge in [0, 0.05) is 18.8 Å². The predicted molar refractivity (Wildman–Crippen MR) is 120 cm³/mol. The average Bonchev–Trinajstić information content (AvgIpc) is 3.22. The average molecular weight is 476 g/mol. The molecular weight excluding hydrogens is 442 g/mol. The summed E-state index contributed by atoms with van der Waals surface area (Å²) in [6.07, 6.45) is 0.171. The molecule has 1 aliphatic heterocycles. The number of guanidine groups is 1. The highest BCUT2D eigenvalue weighted by atomic mass is 32.1. The second-order valence-electron chi connectivity index (χ2n) is 7.55. The highest BCUT2D eigenvalue weighted by Gasteiger charge is 2.38. The quantitative estimate of drug-likeness (QED) is 0.0612. The third-order valence-electron chi connectivity index (χ3n) is 5.02. The van der Waals surface area contributed by atoms with Crippen molar-refractivity contribution in [3.63, 3.8) is 0 Å². The van der Waals surface area contributed by atoms with E-state index in [1.54, 1.807) is 0 Å². The Morgan fingerprint density at radius 1 is 1.19 bits per heavy atom. The smallest absolute Gasteiger partial charge is 0.326 e. The number of aliphatic hydroxyl groups excluding tert-OH is 1. The van der Waals surface area contributed by atoms with Gasteiger partial charge >= 0.3 is 5.97 Å². The first-order valence-electron chi connectivity index (χ1n) is 10.2. The van der Waals surface area contributed by atoms with Crippen LogP contribution in [0.1, 0.15) is 32.6 Å². The molecule has 182 valence electrons. The van der Waals surface area contributed by atoms with Gasteiger partial charge in [0.15, 0.2) is 5.96 Å². The van der Waals surface area contributed by atoms with Crippen LogP contribution in [0.25, 0.3) is 0 Å². The molecule has 1 heterocycles. The third-order valence-corrected chi connectivity index (χ3v) is 5.38. The fraction of sp³-hybridized carbons (Fsp3) is 0.722. The monoisotopic (exact) mass is 475 g/mol. The Labute approximate surface area is 191 Å². The maximum Gasteiger partial charge on any atom is 0.326 e. The zero-order valence-corrected chi connectivity index (χ0v) is 18.8. The van der Waals surface area contributed by atoms with Crippen molar-refractivity contribution in [1.29, 1.82) is 0 Å². The zero-order valence-electron chi connectivity index (χ0n) is 17.9. The van der Waals surface area contributed by atoms with Crippen molar-refractivity contribution in [1.82, 2.24) is 15.5 Å². The van der Waals surface area contributed by atoms with Crippen molar-refractivity contribution in [3.8, 4) is 0 Å². The lowest BCUT2D eigenvalue weighted by Crippen LogP contribution is -2.58. The van der Waals surface area contributed by atoms with Gasteiger partial charge in [-0.05, 0) is 32.6 Å². The maximum absolute atomic E-state index is 12.9. The molecule has 0 saturated carbocycles. The van der Waals surface area contributed by atoms with Crippen LogP contribution in [-0.2, 0) is 19.2 Å². The summed E-state index contributed by atoms with van der Waals surface area (Å²) in [5, 5.41) is 23.8. The minimum Gasteiger partial charge on any atom is -0.480 e. The van der Waals surface area contributed by atoms with Crippen LogP contribution in [0.4, 0.5) is 0 Å². The number of nitrogens with zero attached hydrogens (tertiary/aromatic N) is 2. The van der Waals surface area contributed by atoms with Gasteiger partial charge in [0.25, 0.3) is 0 Å². The first-order chi connectivity index (χ1) is 15.0. The van der Waals surface area contributed by atoms with Gasteiger partial charge in [-0.2, -0.15) is 12.6 Å². The van der Waals surface area contributed by atoms with Crippen molar-refractivity contribution < 1.29 is 29.4 Å². The van der Waals surface area contributed by atoms with Gasteiger partial charge in [-0.1, -0.05) is 0 Å². The van der Waals surface area contributed by atoms with Gasteiger partial charge < -0.3 is 42.9 Å². The standard InChI is InChI=1S/C18H33N7O6S/c1-9(26)13(19)15(28)23-10(4-2-6-22-18(20)21)14(27)24-11(8-32)16(29)25-7-3-5-12(25)17(30)31/h9-13,26,32H,2-8,19H2,1H3,(H,23,28)(H,24,27)(H,30,31)(H4,20,21,22). The Balaban J connectivity index is 2.90. The molecule has 0 aromatic rings. The Kier molecular flexibility index (Phi) is 11.2. The van der Waals surface area contributed by atoms with Crippen LogP contribution in [0.2, 0.25) is 0 Å². The van der Waals surface area contributed by atoms with Crippen molar-refractivity contribution in [2.45, 2.75) is 62.9 Å². The number of nitrogens with one attached hydrogen (secondary N) is 2. The van der Waals surface area contributed by atoms with Crippen molar-refractivity contribution in [2.24, 2.45) is 22.2 Å². The molecule has 1 aliphatic rings. The Morgan fingerprint density at radius 3 is 2.34 bits per heavy atom. The number of carboxylic acid groups (broad SMARTS) is 1. The second-order valence-corrected chi connectivity index (χ2v) is 7.91. The molecule has 1 saturated heterocycles. The van der Waals surface area contributed by atoms with E-state index in [4.69, 9.17) is 17.2 Å². The number of thiol groups is 1. The fourth-order valence-corrected chi connectivity index (χ4v) is 3.45. The zero-order chi connectivity index (χ0) is 24.4. The lowest BCUT2D eigenvalue weighted by Gasteiger charge is -2.28. The fourth-order valence-electron chi connectivity index (χ4n) is 3.20. The van der Waals surface area contributed by atoms with E-state index in [2.05, 4.69) is 28.3 Å². The molecule has 0 radical (unpaired) electrons. The van der Waals surface area contributed by atoms with Crippen molar-refractivity contribution >= 4 is 42.3 Å². The number of rotatable bonds is 12. The molecule has 10 N–H and O–H groups in total. The van der Waals surface area contributed by atoms with Gasteiger partial charge in [-0.3, -0.25) is 19.4 Å². The van der Waals surface area contributed by atoms with Crippen molar-refractivity contribution in [2.75, 3.05) is 18.8 Å². The molecule has 13 nitrogen and oxygen atoms in total. The van der Waals surface area contributed by atoms with Crippen LogP contribution in [0, 0.1) is 0 Å². The number of carboxylic acids is 1. The minimum atomic E-state index is -1.26. The summed E-state index contributed by atoms with van der Waals surface area (Å²) in [5.41, 5.74) is 16.2. The highest BCUT2D eigenvalue weighted by molar-refractivity contribution is 7.80. The van der Waals surface area contributed by atoms with Gasteiger partial charge in [0.2, 0.25) is 17.7 Å². The normalized spacial score (nSPS) is 19.4. The first kappa shape index (κ1) is 27.5. The lowest BCUT2D eigenvalue weighted by molar-refractivity contribution is -0.149. The van der Waals surface area contributed by atoms with Crippen molar-refractivity contribution in [3.05, 3.63) is 0 Å². The molecule has 14 heteroatoms. The van der Waals surface area contributed by atoms with Crippen LogP contribution in [-0.4, -0.2) is 93.9 Å². The largest absolute Gasteiger partial charge is 0.480 e. The molecule has 1 fully saturated rings. The van der Waals surface area contributed by atoms with E-state index in [-0.39, 0.29) is 31.2 Å². The van der Waals surface area contributed by atoms with E-state index >= 15 is 0 Å². The number of likely N-dealkylation sites (tertiary alicyclic amines) is 1. The van der Waals surface area contributed by atoms with Crippen LogP contribution in [0.15, 0.2) is 4.99 Å². The van der Waals surface area contributed by atoms with Gasteiger partial charge in [0.1, 0.15) is 24.2 Å². The van der Waals surface area contributed by atoms with Gasteiger partial charge in [-0.15, -0.1) is 0 Å². The number of aliphatic carboxylic acids is 1. The second kappa shape index (κ2) is 13.1. The molecule has 0 bridgehead atoms. The van der Waals surface area contributed by atoms with Gasteiger partial charge in [-0.25, -0.2) is 4.79 Å². The molecule has 5 atom stereocenters. The highest BCUT2D eigenvalue weighted by Crippen LogP contribution is 2.19. The minimum absolute atomic E-state index is 0.0741. The molecule has 1 rings (SSSR count). The summed E-state index contributed by atoms with van der Waals surface area (Å²) in [7, 11) is 0. The maximum atomic E-state index is 12.9. The number of aliphatic imine (C=N–C) groups is 1. The summed E-state index contributed by atoms with van der Waals surface area (Å²) in [6, 6.07) is -4.40. The lowest BCUT2D eigenvalue weighted by atomic mass is 10.1. The SMILES string of the molecule is CC(O)C(N)C(=O)NC(CCCN=C(N)N)C(=O)NC(CS)C(=O)N1CCCC1C(=O)O. The number of carbonyl (C=O) groups is 4. The summed E-state index contributed by atoms with van der Waals surface area (Å²) in [6.45, 7) is 1.80. The van der Waals surface area contributed by atoms with E-state index in [9.17, 15) is 29.4 Å². The van der Waals surface area contributed by atoms with E-state index in [1.807, 2.05) is 0 Å². The Morgan fingerprint density at radius 2 is 1.81 bits per heavy atom. The summed E-state index contributed by atoms with van der Waals surface area (Å²) in [5.74, 6) is -3.30. The van der Waals surface area contributed by atoms with E-state index < -0.39 is 54.0 Å². The number of aliphatic hydroxyl groups is 1. The number of hydrogen-bond donors (Lipinski definition) is 8. The molecule has 5 unspecified atom stereocenters. The number of nitrogens with two attached hydrogens (primary N) is 3. The molecule has 3 amide bonds. The van der Waals surface area contributed by atoms with E-state index in [0.29, 0.717) is 19.3 Å². The number of hydrogen-bond acceptors (Lipinski definition) is 8. The Hall–Kier alpha value is -2.58. The molecule has 0 spiro atoms. The van der Waals surface area contributed by atoms with Crippen LogP contribution in [0.3, 0.4) is 0 Å². The topological polar surface area (TPSA) is 226 Å². The molecule has 0 aromatic heterocycles. The van der Waals surface area contributed by atoms with Gasteiger partial charge in [0.05, 0.1) is 6.10 Å². The number of carbonyl (C=O) groups excluding carboxylic acids is 3. The summed E-state index contributed by atoms with van der Waals surface area (Å²) >= 11 is 4.11. The number of amides is 3. The third kappa shape index (κ3) is 8.16. The van der Waals surface area contributed by atoms with E-state index in [1.165, 1.54) is 11.8 Å². The van der Waals surface area contributed by atoms with E-state index in [0.717, 1.165) is 0 Å². The predicted octanol–water partition coefficient (Wildman–Crippen LogP) is -3.28. The first-order valence-corrected chi connectivity index (χ1v) is 10.9. The molecule has 0 aromatic carbocycles. The molecular formula is C18H33N7O6S. The summed E-state index contributed by atoms with van der Waals surface area (Å²) in [4.78, 5) is 54.3. The molecule has 0 aliphatic carbocycles. The Bertz CT molecular complexity index is 716. The van der Waals surface area contributed by atoms with Crippen LogP contribution < -0.4 is 27.8 Å².